The average Bonchev–Trinajstić information content (AvgIpc) is 2.28. The van der Waals surface area contributed by atoms with Crippen LogP contribution in [0.3, 0.4) is 0 Å². The number of benzene rings is 1. The highest BCUT2D eigenvalue weighted by atomic mass is 19.1. The Labute approximate surface area is 88.1 Å². The Bertz CT molecular complexity index is 374. The number of hydrogen-bond acceptors (Lipinski definition) is 2. The molecule has 0 bridgehead atoms. The summed E-state index contributed by atoms with van der Waals surface area (Å²) >= 11 is 0. The summed E-state index contributed by atoms with van der Waals surface area (Å²) in [5.41, 5.74) is 1.61. The van der Waals surface area contributed by atoms with E-state index in [9.17, 15) is 9.18 Å². The Balaban J connectivity index is 2.36. The van der Waals surface area contributed by atoms with Gasteiger partial charge in [-0.25, -0.2) is 4.39 Å². The van der Waals surface area contributed by atoms with Crippen LogP contribution in [0.1, 0.15) is 24.0 Å². The van der Waals surface area contributed by atoms with Crippen LogP contribution in [0.2, 0.25) is 0 Å². The lowest BCUT2D eigenvalue weighted by atomic mass is 9.99. The molecule has 1 heterocycles. The Morgan fingerprint density at radius 1 is 1.47 bits per heavy atom. The fourth-order valence-electron chi connectivity index (χ4n) is 1.90. The normalized spacial score (nSPS) is 14.2. The van der Waals surface area contributed by atoms with Crippen molar-refractivity contribution in [2.24, 2.45) is 0 Å². The summed E-state index contributed by atoms with van der Waals surface area (Å²) in [4.78, 5) is 10.3. The molecule has 0 aliphatic carbocycles. The summed E-state index contributed by atoms with van der Waals surface area (Å²) in [6.07, 6.45) is 3.49. The highest BCUT2D eigenvalue weighted by Crippen LogP contribution is 2.31. The van der Waals surface area contributed by atoms with Gasteiger partial charge in [-0.2, -0.15) is 0 Å². The van der Waals surface area contributed by atoms with E-state index in [0.29, 0.717) is 30.8 Å². The van der Waals surface area contributed by atoms with Crippen LogP contribution >= 0.6 is 0 Å². The van der Waals surface area contributed by atoms with Crippen molar-refractivity contribution in [2.45, 2.75) is 25.7 Å². The summed E-state index contributed by atoms with van der Waals surface area (Å²) in [6.45, 7) is 0.643. The van der Waals surface area contributed by atoms with Gasteiger partial charge in [0.15, 0.2) is 0 Å². The van der Waals surface area contributed by atoms with Gasteiger partial charge in [-0.15, -0.1) is 0 Å². The van der Waals surface area contributed by atoms with Crippen LogP contribution in [0, 0.1) is 5.82 Å². The maximum Gasteiger partial charge on any atom is 0.130 e. The molecule has 0 N–H and O–H groups in total. The number of hydrogen-bond donors (Lipinski definition) is 0. The molecule has 1 aliphatic heterocycles. The first-order valence-corrected chi connectivity index (χ1v) is 5.19. The van der Waals surface area contributed by atoms with E-state index in [1.165, 1.54) is 6.07 Å². The Morgan fingerprint density at radius 2 is 2.33 bits per heavy atom. The molecule has 0 saturated heterocycles. The van der Waals surface area contributed by atoms with Crippen molar-refractivity contribution >= 4 is 6.29 Å². The van der Waals surface area contributed by atoms with Crippen molar-refractivity contribution in [3.05, 3.63) is 29.1 Å². The van der Waals surface area contributed by atoms with Gasteiger partial charge in [-0.05, 0) is 30.9 Å². The molecule has 0 amide bonds. The minimum Gasteiger partial charge on any atom is -0.493 e. The van der Waals surface area contributed by atoms with E-state index in [2.05, 4.69) is 0 Å². The standard InChI is InChI=1S/C12H13FO2/c13-11-6-5-9-3-2-8-15-12(9)10(11)4-1-7-14/h5-7H,1-4,8H2. The van der Waals surface area contributed by atoms with Gasteiger partial charge >= 0.3 is 0 Å². The van der Waals surface area contributed by atoms with Crippen LogP contribution in [-0.4, -0.2) is 12.9 Å². The number of halogens is 1. The van der Waals surface area contributed by atoms with Crippen LogP contribution in [-0.2, 0) is 17.6 Å². The quantitative estimate of drug-likeness (QED) is 0.712. The number of ether oxygens (including phenoxy) is 1. The second-order valence-corrected chi connectivity index (χ2v) is 3.67. The van der Waals surface area contributed by atoms with Gasteiger partial charge in [-0.3, -0.25) is 0 Å². The Kier molecular flexibility index (Phi) is 2.99. The van der Waals surface area contributed by atoms with Crippen molar-refractivity contribution in [2.75, 3.05) is 6.61 Å². The van der Waals surface area contributed by atoms with Crippen LogP contribution in [0.15, 0.2) is 12.1 Å². The van der Waals surface area contributed by atoms with E-state index in [-0.39, 0.29) is 5.82 Å². The van der Waals surface area contributed by atoms with E-state index >= 15 is 0 Å². The molecular weight excluding hydrogens is 195 g/mol. The van der Waals surface area contributed by atoms with Gasteiger partial charge in [0.25, 0.3) is 0 Å². The minimum atomic E-state index is -0.266. The van der Waals surface area contributed by atoms with E-state index in [1.807, 2.05) is 0 Å². The third-order valence-corrected chi connectivity index (χ3v) is 2.63. The van der Waals surface area contributed by atoms with Crippen LogP contribution < -0.4 is 4.74 Å². The smallest absolute Gasteiger partial charge is 0.130 e. The average molecular weight is 208 g/mol. The summed E-state index contributed by atoms with van der Waals surface area (Å²) in [6, 6.07) is 3.24. The molecule has 0 radical (unpaired) electrons. The van der Waals surface area contributed by atoms with Gasteiger partial charge in [0, 0.05) is 12.0 Å². The number of carbonyl (C=O) groups excluding carboxylic acids is 1. The summed E-state index contributed by atoms with van der Waals surface area (Å²) in [5.74, 6) is 0.403. The maximum absolute atomic E-state index is 13.5. The number of rotatable bonds is 3. The molecule has 1 aromatic rings. The zero-order valence-corrected chi connectivity index (χ0v) is 8.46. The SMILES string of the molecule is O=CCCc1c(F)ccc2c1OCCC2. The molecule has 0 unspecified atom stereocenters. The second-order valence-electron chi connectivity index (χ2n) is 3.67. The van der Waals surface area contributed by atoms with Gasteiger partial charge in [0.2, 0.25) is 0 Å². The van der Waals surface area contributed by atoms with E-state index < -0.39 is 0 Å². The maximum atomic E-state index is 13.5. The number of fused-ring (bicyclic) bond motifs is 1. The first-order valence-electron chi connectivity index (χ1n) is 5.19. The molecular formula is C12H13FO2. The third kappa shape index (κ3) is 2.01. The van der Waals surface area contributed by atoms with Gasteiger partial charge in [-0.1, -0.05) is 6.07 Å². The van der Waals surface area contributed by atoms with Crippen molar-refractivity contribution in [3.63, 3.8) is 0 Å². The van der Waals surface area contributed by atoms with Crippen molar-refractivity contribution in [3.8, 4) is 5.75 Å². The lowest BCUT2D eigenvalue weighted by Gasteiger charge is -2.20. The van der Waals surface area contributed by atoms with E-state index in [4.69, 9.17) is 4.74 Å². The lowest BCUT2D eigenvalue weighted by molar-refractivity contribution is -0.107. The molecule has 0 spiro atoms. The summed E-state index contributed by atoms with van der Waals surface area (Å²) in [7, 11) is 0. The molecule has 3 heteroatoms. The Morgan fingerprint density at radius 3 is 3.13 bits per heavy atom. The predicted octanol–water partition coefficient (Wildman–Crippen LogP) is 2.28. The number of carbonyl (C=O) groups is 1. The molecule has 1 aliphatic rings. The predicted molar refractivity (Wildman–Crippen MR) is 54.6 cm³/mol. The van der Waals surface area contributed by atoms with Crippen molar-refractivity contribution in [1.29, 1.82) is 0 Å². The lowest BCUT2D eigenvalue weighted by Crippen LogP contribution is -2.11. The first-order chi connectivity index (χ1) is 7.33. The topological polar surface area (TPSA) is 26.3 Å². The molecule has 15 heavy (non-hydrogen) atoms. The van der Waals surface area contributed by atoms with Crippen molar-refractivity contribution in [1.82, 2.24) is 0 Å². The molecule has 0 aromatic heterocycles. The van der Waals surface area contributed by atoms with Crippen LogP contribution in [0.4, 0.5) is 4.39 Å². The van der Waals surface area contributed by atoms with Gasteiger partial charge < -0.3 is 9.53 Å². The van der Waals surface area contributed by atoms with Crippen LogP contribution in [0.25, 0.3) is 0 Å². The van der Waals surface area contributed by atoms with Gasteiger partial charge in [0.1, 0.15) is 17.9 Å². The van der Waals surface area contributed by atoms with E-state index in [0.717, 1.165) is 24.7 Å². The van der Waals surface area contributed by atoms with E-state index in [1.54, 1.807) is 6.07 Å². The number of aldehydes is 1. The fourth-order valence-corrected chi connectivity index (χ4v) is 1.90. The zero-order valence-electron chi connectivity index (χ0n) is 8.46. The largest absolute Gasteiger partial charge is 0.493 e. The second kappa shape index (κ2) is 4.43. The fraction of sp³-hybridized carbons (Fsp3) is 0.417. The highest BCUT2D eigenvalue weighted by molar-refractivity contribution is 5.52. The zero-order chi connectivity index (χ0) is 10.7. The molecule has 80 valence electrons. The molecule has 0 saturated carbocycles. The van der Waals surface area contributed by atoms with Crippen molar-refractivity contribution < 1.29 is 13.9 Å². The monoisotopic (exact) mass is 208 g/mol. The van der Waals surface area contributed by atoms with Crippen LogP contribution in [0.5, 0.6) is 5.75 Å². The molecule has 0 atom stereocenters. The number of aryl methyl sites for hydroxylation is 1. The molecule has 0 fully saturated rings. The summed E-state index contributed by atoms with van der Waals surface area (Å²) < 4.78 is 19.0. The molecule has 2 nitrogen and oxygen atoms in total. The first kappa shape index (κ1) is 10.1. The highest BCUT2D eigenvalue weighted by Gasteiger charge is 2.17. The summed E-state index contributed by atoms with van der Waals surface area (Å²) in [5, 5.41) is 0. The Hall–Kier alpha value is -1.38. The third-order valence-electron chi connectivity index (χ3n) is 2.63. The molecule has 2 rings (SSSR count). The van der Waals surface area contributed by atoms with Gasteiger partial charge in [0.05, 0.1) is 6.61 Å². The molecule has 1 aromatic carbocycles. The minimum absolute atomic E-state index is 0.266.